The largest absolute Gasteiger partial charge is 0.366 e. The molecule has 0 amide bonds. The van der Waals surface area contributed by atoms with Crippen LogP contribution in [0.5, 0.6) is 0 Å². The Morgan fingerprint density at radius 2 is 2.14 bits per heavy atom. The van der Waals surface area contributed by atoms with Crippen molar-refractivity contribution in [3.63, 3.8) is 0 Å². The highest BCUT2D eigenvalue weighted by molar-refractivity contribution is 6.29. The predicted molar refractivity (Wildman–Crippen MR) is 54.3 cm³/mol. The van der Waals surface area contributed by atoms with Gasteiger partial charge in [0.2, 0.25) is 5.95 Å². The van der Waals surface area contributed by atoms with Crippen molar-refractivity contribution >= 4 is 23.2 Å². The van der Waals surface area contributed by atoms with Gasteiger partial charge in [-0.05, 0) is 12.0 Å². The van der Waals surface area contributed by atoms with Crippen molar-refractivity contribution in [2.45, 2.75) is 19.8 Å². The second-order valence-corrected chi connectivity index (χ2v) is 3.76. The first-order chi connectivity index (χ1) is 6.59. The van der Waals surface area contributed by atoms with Crippen LogP contribution in [0.4, 0.5) is 5.95 Å². The number of halogens is 1. The molecule has 0 bridgehead atoms. The van der Waals surface area contributed by atoms with Crippen LogP contribution in [0.2, 0.25) is 5.15 Å². The fourth-order valence-corrected chi connectivity index (χ4v) is 1.51. The highest BCUT2D eigenvalue weighted by atomic mass is 35.5. The molecule has 0 saturated carbocycles. The van der Waals surface area contributed by atoms with Gasteiger partial charge in [0, 0.05) is 5.56 Å². The Hall–Kier alpha value is -1.36. The molecule has 0 aliphatic heterocycles. The predicted octanol–water partition coefficient (Wildman–Crippen LogP) is 1.48. The Labute approximate surface area is 85.9 Å². The third-order valence-electron chi connectivity index (χ3n) is 2.02. The molecule has 0 unspecified atom stereocenters. The van der Waals surface area contributed by atoms with E-state index >= 15 is 0 Å². The number of nitrogens with zero attached hydrogens (tertiary/aromatic N) is 4. The number of aromatic nitrogens is 4. The molecule has 0 fully saturated rings. The normalized spacial score (nSPS) is 11.4. The number of hydrogen-bond acceptors (Lipinski definition) is 4. The van der Waals surface area contributed by atoms with E-state index in [1.54, 1.807) is 6.07 Å². The Morgan fingerprint density at radius 1 is 1.43 bits per heavy atom. The van der Waals surface area contributed by atoms with Crippen LogP contribution in [0.15, 0.2) is 6.07 Å². The molecule has 0 aromatic carbocycles. The maximum Gasteiger partial charge on any atom is 0.243 e. The van der Waals surface area contributed by atoms with Gasteiger partial charge in [-0.2, -0.15) is 9.61 Å². The zero-order valence-corrected chi connectivity index (χ0v) is 8.65. The monoisotopic (exact) mass is 211 g/mol. The van der Waals surface area contributed by atoms with Crippen molar-refractivity contribution in [2.24, 2.45) is 0 Å². The SMILES string of the molecule is CC(C)c1cc(Cl)nn2c(N)nnc12. The van der Waals surface area contributed by atoms with E-state index in [1.807, 2.05) is 0 Å². The summed E-state index contributed by atoms with van der Waals surface area (Å²) < 4.78 is 1.46. The summed E-state index contributed by atoms with van der Waals surface area (Å²) in [5.74, 6) is 0.561. The topological polar surface area (TPSA) is 69.1 Å². The minimum atomic E-state index is 0.254. The van der Waals surface area contributed by atoms with Crippen LogP contribution in [0.1, 0.15) is 25.3 Å². The van der Waals surface area contributed by atoms with Crippen molar-refractivity contribution in [3.8, 4) is 0 Å². The van der Waals surface area contributed by atoms with Crippen molar-refractivity contribution in [3.05, 3.63) is 16.8 Å². The summed E-state index contributed by atoms with van der Waals surface area (Å²) in [6.07, 6.45) is 0. The molecule has 0 aliphatic rings. The minimum absolute atomic E-state index is 0.254. The maximum atomic E-state index is 5.85. The minimum Gasteiger partial charge on any atom is -0.366 e. The maximum absolute atomic E-state index is 5.85. The van der Waals surface area contributed by atoms with Gasteiger partial charge in [0.25, 0.3) is 0 Å². The van der Waals surface area contributed by atoms with E-state index in [4.69, 9.17) is 17.3 Å². The molecule has 14 heavy (non-hydrogen) atoms. The quantitative estimate of drug-likeness (QED) is 0.776. The number of nitrogens with two attached hydrogens (primary N) is 1. The molecule has 0 aliphatic carbocycles. The standard InChI is InChI=1S/C8H10ClN5/c1-4(2)5-3-6(9)13-14-7(5)11-12-8(14)10/h3-4H,1-2H3,(H2,10,12). The molecule has 2 aromatic heterocycles. The third kappa shape index (κ3) is 1.29. The first-order valence-corrected chi connectivity index (χ1v) is 4.64. The van der Waals surface area contributed by atoms with Crippen LogP contribution in [0.25, 0.3) is 5.65 Å². The summed E-state index contributed by atoms with van der Waals surface area (Å²) in [6, 6.07) is 1.79. The van der Waals surface area contributed by atoms with Crippen LogP contribution >= 0.6 is 11.6 Å². The molecule has 0 spiro atoms. The summed E-state index contributed by atoms with van der Waals surface area (Å²) in [4.78, 5) is 0. The number of nitrogen functional groups attached to an aromatic ring is 1. The number of hydrogen-bond donors (Lipinski definition) is 1. The van der Waals surface area contributed by atoms with E-state index in [0.717, 1.165) is 5.56 Å². The zero-order valence-electron chi connectivity index (χ0n) is 7.90. The molecular weight excluding hydrogens is 202 g/mol. The van der Waals surface area contributed by atoms with E-state index in [-0.39, 0.29) is 5.95 Å². The van der Waals surface area contributed by atoms with Crippen molar-refractivity contribution in [2.75, 3.05) is 5.73 Å². The number of anilines is 1. The lowest BCUT2D eigenvalue weighted by atomic mass is 10.1. The molecular formula is C8H10ClN5. The number of fused-ring (bicyclic) bond motifs is 1. The second kappa shape index (κ2) is 3.09. The summed E-state index contributed by atoms with van der Waals surface area (Å²) in [7, 11) is 0. The first kappa shape index (κ1) is 9.21. The molecule has 0 atom stereocenters. The molecule has 2 aromatic rings. The van der Waals surface area contributed by atoms with Crippen molar-refractivity contribution in [1.29, 1.82) is 0 Å². The fraction of sp³-hybridized carbons (Fsp3) is 0.375. The molecule has 2 heterocycles. The van der Waals surface area contributed by atoms with E-state index in [9.17, 15) is 0 Å². The second-order valence-electron chi connectivity index (χ2n) is 3.37. The van der Waals surface area contributed by atoms with Gasteiger partial charge in [-0.1, -0.05) is 25.4 Å². The Kier molecular flexibility index (Phi) is 2.03. The van der Waals surface area contributed by atoms with Crippen LogP contribution in [0.3, 0.4) is 0 Å². The lowest BCUT2D eigenvalue weighted by molar-refractivity contribution is 0.838. The van der Waals surface area contributed by atoms with Crippen LogP contribution in [0, 0.1) is 0 Å². The highest BCUT2D eigenvalue weighted by Crippen LogP contribution is 2.22. The van der Waals surface area contributed by atoms with Gasteiger partial charge in [-0.25, -0.2) is 0 Å². The van der Waals surface area contributed by atoms with E-state index in [0.29, 0.717) is 16.7 Å². The molecule has 74 valence electrons. The molecule has 6 heteroatoms. The van der Waals surface area contributed by atoms with Gasteiger partial charge in [0.15, 0.2) is 10.8 Å². The van der Waals surface area contributed by atoms with Gasteiger partial charge in [0.1, 0.15) is 0 Å². The van der Waals surface area contributed by atoms with Gasteiger partial charge in [-0.3, -0.25) is 0 Å². The van der Waals surface area contributed by atoms with Crippen LogP contribution in [-0.2, 0) is 0 Å². The zero-order chi connectivity index (χ0) is 10.3. The summed E-state index contributed by atoms with van der Waals surface area (Å²) in [5.41, 5.74) is 7.25. The molecule has 2 N–H and O–H groups in total. The van der Waals surface area contributed by atoms with Gasteiger partial charge in [0.05, 0.1) is 0 Å². The summed E-state index contributed by atoms with van der Waals surface area (Å²) >= 11 is 5.85. The fourth-order valence-electron chi connectivity index (χ4n) is 1.31. The lowest BCUT2D eigenvalue weighted by Crippen LogP contribution is -2.02. The van der Waals surface area contributed by atoms with Gasteiger partial charge >= 0.3 is 0 Å². The average Bonchev–Trinajstić information content (AvgIpc) is 2.47. The van der Waals surface area contributed by atoms with Crippen LogP contribution < -0.4 is 5.73 Å². The highest BCUT2D eigenvalue weighted by Gasteiger charge is 2.12. The first-order valence-electron chi connectivity index (χ1n) is 4.27. The Bertz CT molecular complexity index is 476. The smallest absolute Gasteiger partial charge is 0.243 e. The molecule has 5 nitrogen and oxygen atoms in total. The average molecular weight is 212 g/mol. The summed E-state index contributed by atoms with van der Waals surface area (Å²) in [5, 5.41) is 12.1. The van der Waals surface area contributed by atoms with E-state index in [1.165, 1.54) is 4.52 Å². The van der Waals surface area contributed by atoms with Gasteiger partial charge in [-0.15, -0.1) is 10.2 Å². The Morgan fingerprint density at radius 3 is 2.79 bits per heavy atom. The third-order valence-corrected chi connectivity index (χ3v) is 2.20. The van der Waals surface area contributed by atoms with E-state index in [2.05, 4.69) is 29.1 Å². The summed E-state index contributed by atoms with van der Waals surface area (Å²) in [6.45, 7) is 4.10. The van der Waals surface area contributed by atoms with Gasteiger partial charge < -0.3 is 5.73 Å². The Balaban J connectivity index is 2.82. The van der Waals surface area contributed by atoms with Crippen molar-refractivity contribution < 1.29 is 0 Å². The molecule has 0 radical (unpaired) electrons. The van der Waals surface area contributed by atoms with E-state index < -0.39 is 0 Å². The van der Waals surface area contributed by atoms with Crippen LogP contribution in [-0.4, -0.2) is 19.8 Å². The molecule has 0 saturated heterocycles. The lowest BCUT2D eigenvalue weighted by Gasteiger charge is -2.06. The van der Waals surface area contributed by atoms with Crippen molar-refractivity contribution in [1.82, 2.24) is 19.8 Å². The number of rotatable bonds is 1. The molecule has 2 rings (SSSR count).